The van der Waals surface area contributed by atoms with E-state index in [1.54, 1.807) is 12.4 Å². The number of carbonyl (C=O) groups is 2. The average molecular weight is 596 g/mol. The van der Waals surface area contributed by atoms with E-state index < -0.39 is 28.6 Å². The zero-order chi connectivity index (χ0) is 28.0. The highest BCUT2D eigenvalue weighted by atomic mass is 35.5. The topological polar surface area (TPSA) is 122 Å². The molecule has 4 rings (SSSR count). The number of carbonyl (C=O) groups excluding carboxylic acids is 2. The van der Waals surface area contributed by atoms with Crippen molar-refractivity contribution in [3.63, 3.8) is 0 Å². The van der Waals surface area contributed by atoms with E-state index in [9.17, 15) is 22.8 Å². The van der Waals surface area contributed by atoms with E-state index in [1.165, 1.54) is 18.6 Å². The Balaban J connectivity index is 1.33. The number of alkyl halides is 3. The number of thiazole rings is 1. The fourth-order valence-electron chi connectivity index (χ4n) is 3.28. The van der Waals surface area contributed by atoms with Crippen molar-refractivity contribution < 1.29 is 22.8 Å². The molecule has 0 fully saturated rings. The summed E-state index contributed by atoms with van der Waals surface area (Å²) >= 11 is 12.9. The number of pyridine rings is 1. The third kappa shape index (κ3) is 7.40. The first-order valence-corrected chi connectivity index (χ1v) is 12.7. The van der Waals surface area contributed by atoms with Crippen LogP contribution >= 0.6 is 34.5 Å². The van der Waals surface area contributed by atoms with Gasteiger partial charge in [-0.05, 0) is 42.3 Å². The molecule has 9 nitrogen and oxygen atoms in total. The molecule has 15 heteroatoms. The summed E-state index contributed by atoms with van der Waals surface area (Å²) in [4.78, 5) is 41.4. The number of aromatic nitrogens is 4. The van der Waals surface area contributed by atoms with Gasteiger partial charge in [0.1, 0.15) is 27.1 Å². The highest BCUT2D eigenvalue weighted by molar-refractivity contribution is 7.13. The van der Waals surface area contributed by atoms with Crippen molar-refractivity contribution >= 4 is 57.9 Å². The molecule has 1 aromatic carbocycles. The zero-order valence-corrected chi connectivity index (χ0v) is 22.0. The van der Waals surface area contributed by atoms with Gasteiger partial charge in [0.2, 0.25) is 0 Å². The number of hydrogen-bond donors (Lipinski definition) is 3. The number of nitrogens with zero attached hydrogens (tertiary/aromatic N) is 4. The van der Waals surface area contributed by atoms with Crippen molar-refractivity contribution in [3.8, 4) is 0 Å². The average Bonchev–Trinajstić information content (AvgIpc) is 3.39. The lowest BCUT2D eigenvalue weighted by Gasteiger charge is -2.11. The fourth-order valence-corrected chi connectivity index (χ4v) is 4.50. The van der Waals surface area contributed by atoms with Crippen LogP contribution in [0.4, 0.5) is 24.7 Å². The van der Waals surface area contributed by atoms with Crippen molar-refractivity contribution in [2.75, 3.05) is 17.2 Å². The maximum absolute atomic E-state index is 13.1. The molecular formula is C24H18Cl2F3N7O2S. The smallest absolute Gasteiger partial charge is 0.368 e. The molecule has 0 aliphatic heterocycles. The predicted molar refractivity (Wildman–Crippen MR) is 141 cm³/mol. The van der Waals surface area contributed by atoms with Crippen LogP contribution in [-0.4, -0.2) is 38.3 Å². The SMILES string of the molecule is O=C(Nc1ccc(Cl)c(C(F)(F)F)c1)c1cnc(CNC(=O)c2ncnc(NCCc3ccncc3)c2Cl)s1. The summed E-state index contributed by atoms with van der Waals surface area (Å²) in [6, 6.07) is 6.82. The summed E-state index contributed by atoms with van der Waals surface area (Å²) in [7, 11) is 0. The van der Waals surface area contributed by atoms with E-state index in [0.29, 0.717) is 23.8 Å². The second-order valence-corrected chi connectivity index (χ2v) is 9.76. The number of anilines is 2. The van der Waals surface area contributed by atoms with E-state index in [-0.39, 0.29) is 27.8 Å². The van der Waals surface area contributed by atoms with Crippen LogP contribution in [-0.2, 0) is 19.1 Å². The van der Waals surface area contributed by atoms with Gasteiger partial charge in [-0.15, -0.1) is 11.3 Å². The number of halogens is 5. The molecule has 0 aliphatic carbocycles. The zero-order valence-electron chi connectivity index (χ0n) is 19.7. The van der Waals surface area contributed by atoms with Crippen molar-refractivity contribution in [1.82, 2.24) is 25.3 Å². The maximum atomic E-state index is 13.1. The van der Waals surface area contributed by atoms with Gasteiger partial charge < -0.3 is 16.0 Å². The Labute approximate surface area is 233 Å². The minimum atomic E-state index is -4.67. The normalized spacial score (nSPS) is 11.2. The predicted octanol–water partition coefficient (Wildman–Crippen LogP) is 5.49. The largest absolute Gasteiger partial charge is 0.417 e. The summed E-state index contributed by atoms with van der Waals surface area (Å²) in [6.07, 6.45) is 1.87. The van der Waals surface area contributed by atoms with Gasteiger partial charge in [-0.3, -0.25) is 14.6 Å². The first-order valence-electron chi connectivity index (χ1n) is 11.2. The van der Waals surface area contributed by atoms with Crippen molar-refractivity contribution in [1.29, 1.82) is 0 Å². The second-order valence-electron chi connectivity index (χ2n) is 7.86. The van der Waals surface area contributed by atoms with E-state index in [0.717, 1.165) is 29.0 Å². The Hall–Kier alpha value is -3.81. The Morgan fingerprint density at radius 3 is 2.51 bits per heavy atom. The molecule has 3 aromatic heterocycles. The highest BCUT2D eigenvalue weighted by Crippen LogP contribution is 2.36. The van der Waals surface area contributed by atoms with Crippen LogP contribution in [0.2, 0.25) is 10.0 Å². The summed E-state index contributed by atoms with van der Waals surface area (Å²) in [5.41, 5.74) is -0.124. The quantitative estimate of drug-likeness (QED) is 0.234. The Morgan fingerprint density at radius 1 is 1.00 bits per heavy atom. The molecular weight excluding hydrogens is 578 g/mol. The molecule has 3 N–H and O–H groups in total. The summed E-state index contributed by atoms with van der Waals surface area (Å²) in [6.45, 7) is 0.473. The molecule has 2 amide bonds. The number of hydrogen-bond acceptors (Lipinski definition) is 8. The molecule has 0 saturated carbocycles. The third-order valence-electron chi connectivity index (χ3n) is 5.17. The molecule has 0 atom stereocenters. The van der Waals surface area contributed by atoms with E-state index >= 15 is 0 Å². The first kappa shape index (κ1) is 28.2. The molecule has 4 aromatic rings. The second kappa shape index (κ2) is 12.4. The van der Waals surface area contributed by atoms with Gasteiger partial charge in [0.05, 0.1) is 23.3 Å². The molecule has 0 spiro atoms. The van der Waals surface area contributed by atoms with Crippen LogP contribution in [0.15, 0.2) is 55.2 Å². The van der Waals surface area contributed by atoms with Gasteiger partial charge in [-0.2, -0.15) is 13.2 Å². The van der Waals surface area contributed by atoms with Gasteiger partial charge in [0.25, 0.3) is 11.8 Å². The molecule has 0 bridgehead atoms. The lowest BCUT2D eigenvalue weighted by molar-refractivity contribution is -0.137. The molecule has 0 radical (unpaired) electrons. The number of rotatable bonds is 9. The highest BCUT2D eigenvalue weighted by Gasteiger charge is 2.33. The van der Waals surface area contributed by atoms with Crippen LogP contribution in [0.25, 0.3) is 0 Å². The maximum Gasteiger partial charge on any atom is 0.417 e. The monoisotopic (exact) mass is 595 g/mol. The summed E-state index contributed by atoms with van der Waals surface area (Å²) in [5, 5.41) is 8.03. The Kier molecular flexibility index (Phi) is 8.94. The van der Waals surface area contributed by atoms with E-state index in [2.05, 4.69) is 35.9 Å². The van der Waals surface area contributed by atoms with Crippen molar-refractivity contribution in [3.05, 3.63) is 92.0 Å². The molecule has 39 heavy (non-hydrogen) atoms. The Morgan fingerprint density at radius 2 is 1.77 bits per heavy atom. The Bertz CT molecular complexity index is 1490. The fraction of sp³-hybridized carbons (Fsp3) is 0.167. The lowest BCUT2D eigenvalue weighted by atomic mass is 10.2. The van der Waals surface area contributed by atoms with Gasteiger partial charge >= 0.3 is 6.18 Å². The van der Waals surface area contributed by atoms with E-state index in [1.807, 2.05) is 12.1 Å². The number of benzene rings is 1. The van der Waals surface area contributed by atoms with Gasteiger partial charge in [0.15, 0.2) is 5.69 Å². The molecule has 0 unspecified atom stereocenters. The molecule has 0 saturated heterocycles. The lowest BCUT2D eigenvalue weighted by Crippen LogP contribution is -2.24. The standard InChI is InChI=1S/C24H18Cl2F3N7O2S/c25-16-2-1-14(9-15(16)24(27,28)29)36-22(37)17-10-32-18(39-17)11-33-23(38)20-19(26)21(35-12-34-20)31-8-5-13-3-6-30-7-4-13/h1-4,6-7,9-10,12H,5,8,11H2,(H,33,38)(H,36,37)(H,31,34,35). The van der Waals surface area contributed by atoms with Crippen LogP contribution in [0.3, 0.4) is 0 Å². The van der Waals surface area contributed by atoms with Gasteiger partial charge in [-0.1, -0.05) is 23.2 Å². The van der Waals surface area contributed by atoms with Gasteiger partial charge in [0, 0.05) is 24.6 Å². The third-order valence-corrected chi connectivity index (χ3v) is 6.85. The molecule has 0 aliphatic rings. The summed E-state index contributed by atoms with van der Waals surface area (Å²) < 4.78 is 39.2. The minimum absolute atomic E-state index is 0.0406. The number of nitrogens with one attached hydrogen (secondary N) is 3. The summed E-state index contributed by atoms with van der Waals surface area (Å²) in [5.74, 6) is -0.946. The molecule has 202 valence electrons. The van der Waals surface area contributed by atoms with Crippen LogP contribution in [0, 0.1) is 0 Å². The minimum Gasteiger partial charge on any atom is -0.368 e. The van der Waals surface area contributed by atoms with Crippen molar-refractivity contribution in [2.24, 2.45) is 0 Å². The first-order chi connectivity index (χ1) is 18.6. The van der Waals surface area contributed by atoms with Crippen LogP contribution < -0.4 is 16.0 Å². The van der Waals surface area contributed by atoms with Crippen molar-refractivity contribution in [2.45, 2.75) is 19.1 Å². The van der Waals surface area contributed by atoms with E-state index in [4.69, 9.17) is 23.2 Å². The van der Waals surface area contributed by atoms with Crippen LogP contribution in [0.5, 0.6) is 0 Å². The van der Waals surface area contributed by atoms with Gasteiger partial charge in [-0.25, -0.2) is 15.0 Å². The number of amides is 2. The van der Waals surface area contributed by atoms with Crippen LogP contribution in [0.1, 0.15) is 36.3 Å². The molecule has 3 heterocycles.